The molecular formula is C20H30N4O5S. The number of carbonyl (C=O) groups is 4. The lowest BCUT2D eigenvalue weighted by Gasteiger charge is -2.30. The lowest BCUT2D eigenvalue weighted by molar-refractivity contribution is -0.157. The maximum atomic E-state index is 13.1. The summed E-state index contributed by atoms with van der Waals surface area (Å²) in [7, 11) is 0. The summed E-state index contributed by atoms with van der Waals surface area (Å²) in [6.45, 7) is 1.58. The molecule has 0 aromatic heterocycles. The standard InChI is InChI=1S/C20H30N4O5S/c1-13(25)24(17(12-30)20(28)29)19(27)16(11-14-7-3-2-4-8-14)23-18(26)15(22)9-5-6-10-21/h2-4,7-8,15-17,30H,5-6,9-12,21-22H2,1H3,(H,23,26)(H,28,29). The normalized spacial score (nSPS) is 13.7. The van der Waals surface area contributed by atoms with Gasteiger partial charge in [0.25, 0.3) is 5.91 Å². The Labute approximate surface area is 181 Å². The Morgan fingerprint density at radius 1 is 1.17 bits per heavy atom. The van der Waals surface area contributed by atoms with Gasteiger partial charge in [0.05, 0.1) is 6.04 Å². The monoisotopic (exact) mass is 438 g/mol. The van der Waals surface area contributed by atoms with Crippen LogP contribution in [0.1, 0.15) is 31.7 Å². The van der Waals surface area contributed by atoms with Crippen molar-refractivity contribution >= 4 is 36.3 Å². The van der Waals surface area contributed by atoms with Crippen LogP contribution in [0.4, 0.5) is 0 Å². The maximum Gasteiger partial charge on any atom is 0.327 e. The fourth-order valence-corrected chi connectivity index (χ4v) is 3.25. The first-order chi connectivity index (χ1) is 14.2. The van der Waals surface area contributed by atoms with Crippen molar-refractivity contribution in [3.8, 4) is 0 Å². The lowest BCUT2D eigenvalue weighted by Crippen LogP contribution is -2.58. The summed E-state index contributed by atoms with van der Waals surface area (Å²) in [5, 5.41) is 12.0. The van der Waals surface area contributed by atoms with Crippen molar-refractivity contribution in [1.82, 2.24) is 10.2 Å². The first-order valence-corrected chi connectivity index (χ1v) is 10.3. The molecule has 0 aliphatic rings. The molecule has 0 spiro atoms. The van der Waals surface area contributed by atoms with Crippen LogP contribution in [0.25, 0.3) is 0 Å². The molecule has 6 N–H and O–H groups in total. The smallest absolute Gasteiger partial charge is 0.327 e. The van der Waals surface area contributed by atoms with E-state index in [1.54, 1.807) is 30.3 Å². The molecule has 1 aromatic rings. The molecule has 3 unspecified atom stereocenters. The largest absolute Gasteiger partial charge is 0.480 e. The molecule has 0 heterocycles. The number of imide groups is 1. The summed E-state index contributed by atoms with van der Waals surface area (Å²) < 4.78 is 0. The average Bonchev–Trinajstić information content (AvgIpc) is 2.71. The van der Waals surface area contributed by atoms with E-state index in [9.17, 15) is 24.3 Å². The van der Waals surface area contributed by atoms with Crippen LogP contribution in [0.3, 0.4) is 0 Å². The molecule has 0 aliphatic heterocycles. The number of nitrogens with one attached hydrogen (secondary N) is 1. The Balaban J connectivity index is 3.11. The highest BCUT2D eigenvalue weighted by atomic mass is 32.1. The third-order valence-corrected chi connectivity index (χ3v) is 4.90. The second-order valence-electron chi connectivity index (χ2n) is 6.91. The first-order valence-electron chi connectivity index (χ1n) is 9.70. The summed E-state index contributed by atoms with van der Waals surface area (Å²) in [5.41, 5.74) is 12.1. The zero-order valence-electron chi connectivity index (χ0n) is 17.0. The van der Waals surface area contributed by atoms with Gasteiger partial charge in [-0.15, -0.1) is 0 Å². The van der Waals surface area contributed by atoms with Crippen molar-refractivity contribution in [3.63, 3.8) is 0 Å². The number of nitrogens with two attached hydrogens (primary N) is 2. The van der Waals surface area contributed by atoms with E-state index in [0.29, 0.717) is 30.7 Å². The van der Waals surface area contributed by atoms with E-state index in [2.05, 4.69) is 17.9 Å². The molecule has 0 radical (unpaired) electrons. The number of thiol groups is 1. The van der Waals surface area contributed by atoms with Gasteiger partial charge in [0.15, 0.2) is 0 Å². The molecule has 166 valence electrons. The van der Waals surface area contributed by atoms with Crippen LogP contribution in [0.15, 0.2) is 30.3 Å². The minimum absolute atomic E-state index is 0.0730. The number of unbranched alkanes of at least 4 members (excludes halogenated alkanes) is 1. The van der Waals surface area contributed by atoms with Crippen LogP contribution < -0.4 is 16.8 Å². The fourth-order valence-electron chi connectivity index (χ4n) is 2.93. The fraction of sp³-hybridized carbons (Fsp3) is 0.500. The van der Waals surface area contributed by atoms with Gasteiger partial charge in [-0.05, 0) is 24.9 Å². The van der Waals surface area contributed by atoms with Gasteiger partial charge < -0.3 is 21.9 Å². The molecule has 0 aliphatic carbocycles. The number of aliphatic carboxylic acids is 1. The SMILES string of the molecule is CC(=O)N(C(=O)C(Cc1ccccc1)NC(=O)C(N)CCCCN)C(CS)C(=O)O. The van der Waals surface area contributed by atoms with Gasteiger partial charge in [-0.3, -0.25) is 19.3 Å². The molecule has 30 heavy (non-hydrogen) atoms. The van der Waals surface area contributed by atoms with Gasteiger partial charge in [0.2, 0.25) is 11.8 Å². The number of amides is 3. The Hall–Kier alpha value is -2.43. The van der Waals surface area contributed by atoms with Gasteiger partial charge in [0, 0.05) is 19.1 Å². The number of carboxylic acid groups (broad SMARTS) is 1. The van der Waals surface area contributed by atoms with Crippen molar-refractivity contribution < 1.29 is 24.3 Å². The van der Waals surface area contributed by atoms with Crippen molar-refractivity contribution in [2.45, 2.75) is 50.7 Å². The molecule has 3 atom stereocenters. The Morgan fingerprint density at radius 3 is 2.30 bits per heavy atom. The summed E-state index contributed by atoms with van der Waals surface area (Å²) in [6, 6.07) is 5.40. The van der Waals surface area contributed by atoms with Crippen molar-refractivity contribution in [2.75, 3.05) is 12.3 Å². The predicted molar refractivity (Wildman–Crippen MR) is 116 cm³/mol. The summed E-state index contributed by atoms with van der Waals surface area (Å²) in [5.74, 6) is -3.75. The molecular weight excluding hydrogens is 408 g/mol. The van der Waals surface area contributed by atoms with E-state index in [1.165, 1.54) is 0 Å². The van der Waals surface area contributed by atoms with Gasteiger partial charge >= 0.3 is 5.97 Å². The predicted octanol–water partition coefficient (Wildman–Crippen LogP) is -0.0717. The number of benzene rings is 1. The van der Waals surface area contributed by atoms with Crippen LogP contribution in [0, 0.1) is 0 Å². The molecule has 0 fully saturated rings. The minimum atomic E-state index is -1.45. The van der Waals surface area contributed by atoms with E-state index in [4.69, 9.17) is 11.5 Å². The van der Waals surface area contributed by atoms with Crippen LogP contribution in [-0.4, -0.2) is 64.1 Å². The summed E-state index contributed by atoms with van der Waals surface area (Å²) >= 11 is 3.96. The quantitative estimate of drug-likeness (QED) is 0.226. The molecule has 0 saturated carbocycles. The first kappa shape index (κ1) is 25.6. The zero-order chi connectivity index (χ0) is 22.7. The van der Waals surface area contributed by atoms with E-state index >= 15 is 0 Å². The molecule has 0 bridgehead atoms. The molecule has 3 amide bonds. The van der Waals surface area contributed by atoms with Crippen molar-refractivity contribution in [1.29, 1.82) is 0 Å². The van der Waals surface area contributed by atoms with Crippen LogP contribution in [0.2, 0.25) is 0 Å². The molecule has 9 nitrogen and oxygen atoms in total. The summed E-state index contributed by atoms with van der Waals surface area (Å²) in [6.07, 6.45) is 1.83. The third-order valence-electron chi connectivity index (χ3n) is 4.55. The summed E-state index contributed by atoms with van der Waals surface area (Å²) in [4.78, 5) is 50.0. The Bertz CT molecular complexity index is 731. The number of rotatable bonds is 12. The number of hydrogen-bond acceptors (Lipinski definition) is 7. The van der Waals surface area contributed by atoms with Crippen LogP contribution in [-0.2, 0) is 25.6 Å². The molecule has 1 aromatic carbocycles. The Morgan fingerprint density at radius 2 is 1.80 bits per heavy atom. The average molecular weight is 439 g/mol. The van der Waals surface area contributed by atoms with Gasteiger partial charge in [-0.1, -0.05) is 36.8 Å². The molecule has 1 rings (SSSR count). The highest BCUT2D eigenvalue weighted by Crippen LogP contribution is 2.12. The van der Waals surface area contributed by atoms with E-state index in [0.717, 1.165) is 12.5 Å². The topological polar surface area (TPSA) is 156 Å². The second kappa shape index (κ2) is 13.0. The minimum Gasteiger partial charge on any atom is -0.480 e. The van der Waals surface area contributed by atoms with Crippen LogP contribution in [0.5, 0.6) is 0 Å². The zero-order valence-corrected chi connectivity index (χ0v) is 17.9. The molecule has 0 saturated heterocycles. The number of nitrogens with zero attached hydrogens (tertiary/aromatic N) is 1. The van der Waals surface area contributed by atoms with Gasteiger partial charge in [-0.2, -0.15) is 12.6 Å². The second-order valence-corrected chi connectivity index (χ2v) is 7.27. The van der Waals surface area contributed by atoms with Crippen LogP contribution >= 0.6 is 12.6 Å². The van der Waals surface area contributed by atoms with Crippen molar-refractivity contribution in [3.05, 3.63) is 35.9 Å². The Kier molecular flexibility index (Phi) is 11.1. The van der Waals surface area contributed by atoms with Gasteiger partial charge in [-0.25, -0.2) is 4.79 Å². The number of hydrogen-bond donors (Lipinski definition) is 5. The van der Waals surface area contributed by atoms with Gasteiger partial charge in [0.1, 0.15) is 12.1 Å². The number of carboxylic acids is 1. The number of carbonyl (C=O) groups excluding carboxylic acids is 3. The molecule has 10 heteroatoms. The van der Waals surface area contributed by atoms with Crippen molar-refractivity contribution in [2.24, 2.45) is 11.5 Å². The van der Waals surface area contributed by atoms with E-state index < -0.39 is 41.8 Å². The van der Waals surface area contributed by atoms with E-state index in [-0.39, 0.29) is 12.2 Å². The highest BCUT2D eigenvalue weighted by Gasteiger charge is 2.37. The highest BCUT2D eigenvalue weighted by molar-refractivity contribution is 7.80. The third kappa shape index (κ3) is 7.77. The maximum absolute atomic E-state index is 13.1. The van der Waals surface area contributed by atoms with E-state index in [1.807, 2.05) is 0 Å². The lowest BCUT2D eigenvalue weighted by atomic mass is 10.0.